The fourth-order valence-corrected chi connectivity index (χ4v) is 7.28. The van der Waals surface area contributed by atoms with E-state index in [2.05, 4.69) is 5.32 Å². The summed E-state index contributed by atoms with van der Waals surface area (Å²) in [6.07, 6.45) is -2.48. The Labute approximate surface area is 250 Å². The third kappa shape index (κ3) is 4.62. The Morgan fingerprint density at radius 2 is 1.80 bits per heavy atom. The molecule has 0 aliphatic heterocycles. The van der Waals surface area contributed by atoms with Crippen molar-refractivity contribution in [2.75, 3.05) is 33.1 Å². The van der Waals surface area contributed by atoms with Gasteiger partial charge in [-0.25, -0.2) is 0 Å². The van der Waals surface area contributed by atoms with Crippen molar-refractivity contribution >= 4 is 34.7 Å². The number of primary amides is 1. The molecule has 6 atom stereocenters. The monoisotopic (exact) mass is 618 g/mol. The Hall–Kier alpha value is -4.04. The molecule has 0 bridgehead atoms. The van der Waals surface area contributed by atoms with E-state index >= 15 is 0 Å². The summed E-state index contributed by atoms with van der Waals surface area (Å²) in [4.78, 5) is 70.0. The number of anilines is 1. The van der Waals surface area contributed by atoms with E-state index < -0.39 is 81.9 Å². The number of phenols is 1. The van der Waals surface area contributed by atoms with Crippen LogP contribution >= 0.6 is 0 Å². The summed E-state index contributed by atoms with van der Waals surface area (Å²) in [6.45, 7) is -0.153. The molecule has 1 aromatic rings. The number of aliphatic hydroxyl groups is 1. The Morgan fingerprint density at radius 3 is 2.34 bits per heavy atom. The zero-order chi connectivity index (χ0) is 32.6. The summed E-state index contributed by atoms with van der Waals surface area (Å²) in [5, 5.41) is 25.9. The van der Waals surface area contributed by atoms with Crippen molar-refractivity contribution in [2.45, 2.75) is 43.6 Å². The Bertz CT molecular complexity index is 1560. The maximum atomic E-state index is 14.1. The SMILES string of the molecule is CN(C)c1cc(CNC2=CCC(C(F)(F)F)=C2)c(O)c2c1C[C@@H]1C[C@@H]3C(N(C)C)C(=O)C(C(N)=O)C(=O)[C@]3(O)C(=O)C1C2=O. The molecule has 1 aromatic carbocycles. The number of hydrogen-bond donors (Lipinski definition) is 4. The largest absolute Gasteiger partial charge is 0.507 e. The van der Waals surface area contributed by atoms with Crippen LogP contribution in [-0.4, -0.2) is 90.2 Å². The van der Waals surface area contributed by atoms with E-state index in [0.29, 0.717) is 11.3 Å². The van der Waals surface area contributed by atoms with E-state index in [1.54, 1.807) is 25.1 Å². The summed E-state index contributed by atoms with van der Waals surface area (Å²) in [5.41, 5.74) is 2.90. The number of nitrogens with one attached hydrogen (secondary N) is 1. The summed E-state index contributed by atoms with van der Waals surface area (Å²) in [6, 6.07) is 0.400. The molecule has 14 heteroatoms. The number of carbonyl (C=O) groups excluding carboxylic acids is 5. The van der Waals surface area contributed by atoms with E-state index in [1.165, 1.54) is 25.1 Å². The lowest BCUT2D eigenvalue weighted by Crippen LogP contribution is -2.74. The van der Waals surface area contributed by atoms with Crippen molar-refractivity contribution in [1.29, 1.82) is 0 Å². The second kappa shape index (κ2) is 10.5. The molecule has 4 aliphatic carbocycles. The molecule has 4 aliphatic rings. The number of amides is 1. The number of hydrogen-bond acceptors (Lipinski definition) is 10. The summed E-state index contributed by atoms with van der Waals surface area (Å²) in [7, 11) is 6.42. The number of Topliss-reactive ketones (excluding diaryl/α,β-unsaturated/α-hetero) is 4. The Balaban J connectivity index is 1.55. The number of aromatic hydroxyl groups is 1. The summed E-state index contributed by atoms with van der Waals surface area (Å²) < 4.78 is 39.2. The molecule has 3 unspecified atom stereocenters. The van der Waals surface area contributed by atoms with Gasteiger partial charge in [0.1, 0.15) is 5.75 Å². The van der Waals surface area contributed by atoms with Crippen LogP contribution in [0.2, 0.25) is 0 Å². The van der Waals surface area contributed by atoms with Crippen molar-refractivity contribution in [3.05, 3.63) is 46.2 Å². The van der Waals surface area contributed by atoms with Gasteiger partial charge in [-0.3, -0.25) is 28.9 Å². The average Bonchev–Trinajstić information content (AvgIpc) is 3.39. The van der Waals surface area contributed by atoms with Gasteiger partial charge in [0.05, 0.1) is 17.5 Å². The number of nitrogens with zero attached hydrogens (tertiary/aromatic N) is 2. The maximum absolute atomic E-state index is 14.1. The highest BCUT2D eigenvalue weighted by Gasteiger charge is 2.69. The fourth-order valence-electron chi connectivity index (χ4n) is 7.28. The maximum Gasteiger partial charge on any atom is 0.413 e. The summed E-state index contributed by atoms with van der Waals surface area (Å²) in [5.74, 6) is -11.6. The first-order valence-corrected chi connectivity index (χ1v) is 14.0. The third-order valence-electron chi connectivity index (χ3n) is 9.32. The number of likely N-dealkylation sites (N-methyl/N-ethyl adjacent to an activating group) is 1. The number of phenolic OH excluding ortho intramolecular Hbond substituents is 1. The van der Waals surface area contributed by atoms with Gasteiger partial charge < -0.3 is 26.2 Å². The Kier molecular flexibility index (Phi) is 7.52. The number of carbonyl (C=O) groups is 5. The molecule has 0 heterocycles. The molecule has 5 N–H and O–H groups in total. The van der Waals surface area contributed by atoms with Crippen molar-refractivity contribution in [2.24, 2.45) is 29.4 Å². The van der Waals surface area contributed by atoms with E-state index in [4.69, 9.17) is 5.73 Å². The molecule has 11 nitrogen and oxygen atoms in total. The number of allylic oxidation sites excluding steroid dienone is 3. The van der Waals surface area contributed by atoms with Gasteiger partial charge in [-0.05, 0) is 57.0 Å². The van der Waals surface area contributed by atoms with Crippen molar-refractivity contribution in [3.8, 4) is 5.75 Å². The van der Waals surface area contributed by atoms with Crippen molar-refractivity contribution in [1.82, 2.24) is 10.2 Å². The molecule has 0 aromatic heterocycles. The van der Waals surface area contributed by atoms with Crippen LogP contribution in [0.5, 0.6) is 5.75 Å². The molecule has 0 radical (unpaired) electrons. The number of halogens is 3. The zero-order valence-corrected chi connectivity index (χ0v) is 24.5. The molecule has 2 saturated carbocycles. The number of ketones is 4. The van der Waals surface area contributed by atoms with Crippen LogP contribution in [0.3, 0.4) is 0 Å². The molecule has 0 saturated heterocycles. The predicted octanol–water partition coefficient (Wildman–Crippen LogP) is 0.799. The molecular formula is C30H33F3N4O7. The van der Waals surface area contributed by atoms with E-state index in [1.807, 2.05) is 0 Å². The zero-order valence-electron chi connectivity index (χ0n) is 24.5. The van der Waals surface area contributed by atoms with Gasteiger partial charge in [-0.15, -0.1) is 0 Å². The van der Waals surface area contributed by atoms with Gasteiger partial charge in [-0.2, -0.15) is 13.2 Å². The van der Waals surface area contributed by atoms with Gasteiger partial charge in [0, 0.05) is 49.1 Å². The molecule has 5 rings (SSSR count). The Morgan fingerprint density at radius 1 is 1.14 bits per heavy atom. The first kappa shape index (κ1) is 31.4. The lowest BCUT2D eigenvalue weighted by molar-refractivity contribution is -0.181. The average molecular weight is 619 g/mol. The minimum Gasteiger partial charge on any atom is -0.507 e. The number of alkyl halides is 3. The molecular weight excluding hydrogens is 585 g/mol. The highest BCUT2D eigenvalue weighted by atomic mass is 19.4. The van der Waals surface area contributed by atoms with Crippen LogP contribution in [0.4, 0.5) is 18.9 Å². The standard InChI is InChI=1S/C30H33F3N4O7/c1-36(2)18-9-13(11-35-15-6-5-14(10-15)30(31,32)33)23(38)20-16(18)7-12-8-17-22(37(3)4)25(40)21(28(34)43)27(42)29(17,44)26(41)19(12)24(20)39/h6,9-10,12,17,19,21-22,35,38,44H,5,7-8,11H2,1-4H3,(H2,34,43)/t12-,17-,19?,21?,22?,29-/m1/s1. The smallest absolute Gasteiger partial charge is 0.413 e. The molecule has 2 fully saturated rings. The second-order valence-electron chi connectivity index (χ2n) is 12.3. The highest BCUT2D eigenvalue weighted by Crippen LogP contribution is 2.52. The third-order valence-corrected chi connectivity index (χ3v) is 9.32. The summed E-state index contributed by atoms with van der Waals surface area (Å²) >= 11 is 0. The number of benzene rings is 1. The van der Waals surface area contributed by atoms with Gasteiger partial charge in [-0.1, -0.05) is 6.08 Å². The fraction of sp³-hybridized carbons (Fsp3) is 0.500. The molecule has 0 spiro atoms. The van der Waals surface area contributed by atoms with Crippen molar-refractivity contribution < 1.29 is 47.4 Å². The van der Waals surface area contributed by atoms with Crippen LogP contribution in [0, 0.1) is 23.7 Å². The van der Waals surface area contributed by atoms with Crippen LogP contribution in [0.25, 0.3) is 0 Å². The van der Waals surface area contributed by atoms with Gasteiger partial charge >= 0.3 is 6.18 Å². The molecule has 1 amide bonds. The first-order chi connectivity index (χ1) is 20.4. The van der Waals surface area contributed by atoms with Gasteiger partial charge in [0.25, 0.3) is 0 Å². The highest BCUT2D eigenvalue weighted by molar-refractivity contribution is 6.32. The van der Waals surface area contributed by atoms with Crippen LogP contribution in [0.15, 0.2) is 29.5 Å². The number of rotatable bonds is 6. The molecule has 236 valence electrons. The van der Waals surface area contributed by atoms with Crippen LogP contribution < -0.4 is 16.0 Å². The minimum absolute atomic E-state index is 0.0805. The van der Waals surface area contributed by atoms with Crippen LogP contribution in [-0.2, 0) is 32.1 Å². The minimum atomic E-state index is -4.48. The molecule has 44 heavy (non-hydrogen) atoms. The lowest BCUT2D eigenvalue weighted by Gasteiger charge is -2.52. The lowest BCUT2D eigenvalue weighted by atomic mass is 9.52. The topological polar surface area (TPSA) is 170 Å². The van der Waals surface area contributed by atoms with Gasteiger partial charge in [0.2, 0.25) is 5.91 Å². The quantitative estimate of drug-likeness (QED) is 0.335. The van der Waals surface area contributed by atoms with Crippen LogP contribution in [0.1, 0.15) is 34.3 Å². The second-order valence-corrected chi connectivity index (χ2v) is 12.3. The normalized spacial score (nSPS) is 30.0. The number of nitrogens with two attached hydrogens (primary N) is 1. The van der Waals surface area contributed by atoms with Crippen molar-refractivity contribution in [3.63, 3.8) is 0 Å². The van der Waals surface area contributed by atoms with Gasteiger partial charge in [0.15, 0.2) is 34.7 Å². The first-order valence-electron chi connectivity index (χ1n) is 14.0. The number of fused-ring (bicyclic) bond motifs is 3. The van der Waals surface area contributed by atoms with E-state index in [-0.39, 0.29) is 42.6 Å². The van der Waals surface area contributed by atoms with E-state index in [9.17, 15) is 47.4 Å². The van der Waals surface area contributed by atoms with E-state index in [0.717, 1.165) is 6.08 Å². The predicted molar refractivity (Wildman–Crippen MR) is 149 cm³/mol.